The number of amides is 1. The molecule has 1 aliphatic rings. The molecule has 0 atom stereocenters. The molecule has 0 aromatic carbocycles. The molecule has 1 aromatic heterocycles. The lowest BCUT2D eigenvalue weighted by molar-refractivity contribution is 0.0755. The Hall–Kier alpha value is -0.590. The Morgan fingerprint density at radius 2 is 1.95 bits per heavy atom. The third kappa shape index (κ3) is 3.99. The highest BCUT2D eigenvalue weighted by Gasteiger charge is 2.24. The lowest BCUT2D eigenvalue weighted by Gasteiger charge is -2.21. The molecule has 1 saturated heterocycles. The number of carbonyl (C=O) groups is 1. The molecule has 1 N–H and O–H groups in total. The highest BCUT2D eigenvalue weighted by Crippen LogP contribution is 2.31. The smallest absolute Gasteiger partial charge is 0.274 e. The van der Waals surface area contributed by atoms with Crippen molar-refractivity contribution in [3.8, 4) is 0 Å². The number of halogens is 3. The first-order valence-electron chi connectivity index (χ1n) is 6.66. The van der Waals surface area contributed by atoms with Crippen molar-refractivity contribution in [1.29, 1.82) is 0 Å². The quantitative estimate of drug-likeness (QED) is 0.906. The van der Waals surface area contributed by atoms with Gasteiger partial charge in [0.05, 0.1) is 21.7 Å². The van der Waals surface area contributed by atoms with Gasteiger partial charge in [-0.15, -0.1) is 0 Å². The van der Waals surface area contributed by atoms with Gasteiger partial charge >= 0.3 is 0 Å². The first kappa shape index (κ1) is 16.8. The molecule has 116 valence electrons. The standard InChI is InChI=1S/C13H16Cl3N3O2/c14-9-8-17-12(11(16)10(9)15)13(21)19-3-1-2-18(4-5-19)6-7-20/h8,20H,1-7H2. The molecule has 0 saturated carbocycles. The van der Waals surface area contributed by atoms with E-state index in [1.165, 1.54) is 6.20 Å². The number of aromatic nitrogens is 1. The van der Waals surface area contributed by atoms with Crippen molar-refractivity contribution in [3.63, 3.8) is 0 Å². The van der Waals surface area contributed by atoms with E-state index in [9.17, 15) is 4.79 Å². The number of carbonyl (C=O) groups excluding carboxylic acids is 1. The van der Waals surface area contributed by atoms with Crippen molar-refractivity contribution in [1.82, 2.24) is 14.8 Å². The molecule has 1 amide bonds. The summed E-state index contributed by atoms with van der Waals surface area (Å²) in [5.41, 5.74) is 0.127. The summed E-state index contributed by atoms with van der Waals surface area (Å²) in [5.74, 6) is -0.246. The van der Waals surface area contributed by atoms with Crippen molar-refractivity contribution in [3.05, 3.63) is 27.0 Å². The van der Waals surface area contributed by atoms with Crippen LogP contribution in [-0.2, 0) is 0 Å². The normalized spacial score (nSPS) is 16.9. The predicted octanol–water partition coefficient (Wildman–Crippen LogP) is 2.18. The molecule has 1 fully saturated rings. The molecule has 2 heterocycles. The van der Waals surface area contributed by atoms with Crippen LogP contribution in [0.15, 0.2) is 6.20 Å². The molecule has 21 heavy (non-hydrogen) atoms. The fraction of sp³-hybridized carbons (Fsp3) is 0.538. The van der Waals surface area contributed by atoms with Crippen molar-refractivity contribution in [2.24, 2.45) is 0 Å². The minimum absolute atomic E-state index is 0.0885. The third-order valence-electron chi connectivity index (χ3n) is 3.41. The van der Waals surface area contributed by atoms with Gasteiger partial charge in [0.25, 0.3) is 5.91 Å². The van der Waals surface area contributed by atoms with Crippen molar-refractivity contribution in [2.75, 3.05) is 39.3 Å². The molecule has 0 unspecified atom stereocenters. The summed E-state index contributed by atoms with van der Waals surface area (Å²) in [5, 5.41) is 9.44. The molecule has 8 heteroatoms. The maximum Gasteiger partial charge on any atom is 0.274 e. The van der Waals surface area contributed by atoms with E-state index in [1.807, 2.05) is 0 Å². The van der Waals surface area contributed by atoms with Crippen molar-refractivity contribution < 1.29 is 9.90 Å². The molecule has 5 nitrogen and oxygen atoms in total. The van der Waals surface area contributed by atoms with Gasteiger partial charge in [-0.3, -0.25) is 9.69 Å². The number of rotatable bonds is 3. The number of pyridine rings is 1. The van der Waals surface area contributed by atoms with Crippen LogP contribution < -0.4 is 0 Å². The molecule has 2 rings (SSSR count). The van der Waals surface area contributed by atoms with Gasteiger partial charge in [-0.25, -0.2) is 4.98 Å². The number of nitrogens with zero attached hydrogens (tertiary/aromatic N) is 3. The van der Waals surface area contributed by atoms with Gasteiger partial charge in [0, 0.05) is 32.4 Å². The predicted molar refractivity (Wildman–Crippen MR) is 83.3 cm³/mol. The Kier molecular flexibility index (Phi) is 6.08. The highest BCUT2D eigenvalue weighted by atomic mass is 35.5. The molecule has 0 radical (unpaired) electrons. The minimum Gasteiger partial charge on any atom is -0.395 e. The SMILES string of the molecule is O=C(c1ncc(Cl)c(Cl)c1Cl)N1CCCN(CCO)CC1. The van der Waals surface area contributed by atoms with Gasteiger partial charge in [-0.05, 0) is 13.0 Å². The first-order valence-corrected chi connectivity index (χ1v) is 7.80. The zero-order chi connectivity index (χ0) is 15.4. The Morgan fingerprint density at radius 3 is 2.67 bits per heavy atom. The molecule has 0 bridgehead atoms. The van der Waals surface area contributed by atoms with Crippen LogP contribution in [0.2, 0.25) is 15.1 Å². The topological polar surface area (TPSA) is 56.7 Å². The maximum atomic E-state index is 12.5. The van der Waals surface area contributed by atoms with Crippen LogP contribution in [0.4, 0.5) is 0 Å². The number of aliphatic hydroxyl groups excluding tert-OH is 1. The maximum absolute atomic E-state index is 12.5. The van der Waals surface area contributed by atoms with Crippen LogP contribution in [0, 0.1) is 0 Å². The average Bonchev–Trinajstić information content (AvgIpc) is 2.70. The van der Waals surface area contributed by atoms with Gasteiger partial charge in [0.1, 0.15) is 5.69 Å². The minimum atomic E-state index is -0.246. The van der Waals surface area contributed by atoms with Crippen molar-refractivity contribution >= 4 is 40.7 Å². The second kappa shape index (κ2) is 7.61. The van der Waals surface area contributed by atoms with E-state index < -0.39 is 0 Å². The summed E-state index contributed by atoms with van der Waals surface area (Å²) in [7, 11) is 0. The number of hydrogen-bond donors (Lipinski definition) is 1. The fourth-order valence-electron chi connectivity index (χ4n) is 2.28. The van der Waals surface area contributed by atoms with Crippen LogP contribution >= 0.6 is 34.8 Å². The zero-order valence-corrected chi connectivity index (χ0v) is 13.6. The van der Waals surface area contributed by atoms with Gasteiger partial charge in [-0.2, -0.15) is 0 Å². The van der Waals surface area contributed by atoms with Crippen LogP contribution in [0.3, 0.4) is 0 Å². The van der Waals surface area contributed by atoms with Crippen molar-refractivity contribution in [2.45, 2.75) is 6.42 Å². The summed E-state index contributed by atoms with van der Waals surface area (Å²) in [4.78, 5) is 20.3. The van der Waals surface area contributed by atoms with Gasteiger partial charge in [-0.1, -0.05) is 34.8 Å². The zero-order valence-electron chi connectivity index (χ0n) is 11.4. The Morgan fingerprint density at radius 1 is 1.19 bits per heavy atom. The molecule has 0 spiro atoms. The second-order valence-electron chi connectivity index (χ2n) is 4.79. The fourth-order valence-corrected chi connectivity index (χ4v) is 2.84. The largest absolute Gasteiger partial charge is 0.395 e. The van der Waals surface area contributed by atoms with Crippen LogP contribution in [0.1, 0.15) is 16.9 Å². The van der Waals surface area contributed by atoms with Gasteiger partial charge < -0.3 is 10.0 Å². The summed E-state index contributed by atoms with van der Waals surface area (Å²) in [6.45, 7) is 3.50. The Bertz CT molecular complexity index is 528. The van der Waals surface area contributed by atoms with Crippen LogP contribution in [0.25, 0.3) is 0 Å². The molecule has 1 aliphatic heterocycles. The Labute approximate surface area is 138 Å². The highest BCUT2D eigenvalue weighted by molar-refractivity contribution is 6.48. The summed E-state index contributed by atoms with van der Waals surface area (Å²) < 4.78 is 0. The van der Waals surface area contributed by atoms with E-state index >= 15 is 0 Å². The molecule has 0 aliphatic carbocycles. The van der Waals surface area contributed by atoms with E-state index in [0.29, 0.717) is 26.2 Å². The molecular weight excluding hydrogens is 337 g/mol. The first-order chi connectivity index (χ1) is 10.0. The molecular formula is C13H16Cl3N3O2. The summed E-state index contributed by atoms with van der Waals surface area (Å²) in [6, 6.07) is 0. The van der Waals surface area contributed by atoms with E-state index in [-0.39, 0.29) is 33.3 Å². The van der Waals surface area contributed by atoms with Crippen LogP contribution in [-0.4, -0.2) is 65.1 Å². The van der Waals surface area contributed by atoms with Gasteiger partial charge in [0.2, 0.25) is 0 Å². The Balaban J connectivity index is 2.11. The van der Waals surface area contributed by atoms with Gasteiger partial charge in [0.15, 0.2) is 0 Å². The van der Waals surface area contributed by atoms with E-state index in [1.54, 1.807) is 4.90 Å². The lowest BCUT2D eigenvalue weighted by atomic mass is 10.3. The van der Waals surface area contributed by atoms with E-state index in [2.05, 4.69) is 9.88 Å². The summed E-state index contributed by atoms with van der Waals surface area (Å²) in [6.07, 6.45) is 2.17. The van der Waals surface area contributed by atoms with E-state index in [4.69, 9.17) is 39.9 Å². The number of hydrogen-bond acceptors (Lipinski definition) is 4. The third-order valence-corrected chi connectivity index (χ3v) is 4.65. The average molecular weight is 353 g/mol. The lowest BCUT2D eigenvalue weighted by Crippen LogP contribution is -2.36. The number of β-amino-alcohol motifs (C(OH)–C–C–N with tert-alkyl or cyclic N) is 1. The van der Waals surface area contributed by atoms with E-state index in [0.717, 1.165) is 13.0 Å². The molecule has 1 aromatic rings. The van der Waals surface area contributed by atoms with Crippen LogP contribution in [0.5, 0.6) is 0 Å². The number of aliphatic hydroxyl groups is 1. The monoisotopic (exact) mass is 351 g/mol. The summed E-state index contributed by atoms with van der Waals surface area (Å²) >= 11 is 17.8. The second-order valence-corrected chi connectivity index (χ2v) is 5.96.